The predicted molar refractivity (Wildman–Crippen MR) is 181 cm³/mol. The number of aliphatic hydroxyl groups is 1. The van der Waals surface area contributed by atoms with Crippen LogP contribution in [-0.4, -0.2) is 60.8 Å². The molecule has 0 aliphatic carbocycles. The highest BCUT2D eigenvalue weighted by molar-refractivity contribution is 5.93. The van der Waals surface area contributed by atoms with Crippen LogP contribution in [-0.2, 0) is 37.0 Å². The Morgan fingerprint density at radius 1 is 0.936 bits per heavy atom. The number of hydrogen-bond acceptors (Lipinski definition) is 8. The van der Waals surface area contributed by atoms with E-state index in [0.717, 1.165) is 61.2 Å². The Morgan fingerprint density at radius 3 is 2.36 bits per heavy atom. The minimum atomic E-state index is -0.529. The summed E-state index contributed by atoms with van der Waals surface area (Å²) in [6.45, 7) is 2.99. The number of carbonyl (C=O) groups excluding carboxylic acids is 2. The van der Waals surface area contributed by atoms with Crippen molar-refractivity contribution in [3.63, 3.8) is 0 Å². The number of benzene rings is 3. The van der Waals surface area contributed by atoms with E-state index in [2.05, 4.69) is 15.5 Å². The van der Waals surface area contributed by atoms with Gasteiger partial charge in [0.05, 0.1) is 36.8 Å². The number of anilines is 2. The normalized spacial score (nSPS) is 21.4. The van der Waals surface area contributed by atoms with Crippen molar-refractivity contribution in [2.45, 2.75) is 82.6 Å². The molecule has 0 aromatic heterocycles. The maximum atomic E-state index is 12.5. The largest absolute Gasteiger partial charge is 0.397 e. The van der Waals surface area contributed by atoms with E-state index in [4.69, 9.17) is 19.9 Å². The standard InChI is InChI=1S/C37H48N4O6/c1-45-25-30-7-6-20-41(30)23-31-21-34(28-16-14-27(24-42)15-17-28)47-37(46-31)29-18-12-26(13-19-29)22-39-35(43)10-4-5-11-36(44)40-33-9-3-2-8-32(33)38/h2-3,8-9,12-19,30-31,34,37,42H,4-7,10-11,20-25,38H2,1H3,(H,39,43)(H,40,44). The van der Waals surface area contributed by atoms with Crippen molar-refractivity contribution in [3.8, 4) is 0 Å². The highest BCUT2D eigenvalue weighted by Crippen LogP contribution is 2.38. The topological polar surface area (TPSA) is 135 Å². The molecule has 0 radical (unpaired) electrons. The molecule has 252 valence electrons. The molecule has 10 heteroatoms. The van der Waals surface area contributed by atoms with Crippen molar-refractivity contribution in [2.24, 2.45) is 0 Å². The van der Waals surface area contributed by atoms with Gasteiger partial charge in [0, 0.05) is 51.1 Å². The van der Waals surface area contributed by atoms with E-state index >= 15 is 0 Å². The van der Waals surface area contributed by atoms with Crippen LogP contribution in [0.3, 0.4) is 0 Å². The Kier molecular flexibility index (Phi) is 12.8. The number of hydrogen-bond donors (Lipinski definition) is 4. The zero-order valence-corrected chi connectivity index (χ0v) is 27.2. The number of likely N-dealkylation sites (tertiary alicyclic amines) is 1. The first kappa shape index (κ1) is 34.5. The lowest BCUT2D eigenvalue weighted by atomic mass is 9.99. The number of unbranched alkanes of at least 4 members (excludes halogenated alkanes) is 1. The van der Waals surface area contributed by atoms with Crippen molar-refractivity contribution in [1.82, 2.24) is 10.2 Å². The highest BCUT2D eigenvalue weighted by Gasteiger charge is 2.35. The van der Waals surface area contributed by atoms with Gasteiger partial charge in [-0.3, -0.25) is 14.5 Å². The Morgan fingerprint density at radius 2 is 1.64 bits per heavy atom. The van der Waals surface area contributed by atoms with Crippen LogP contribution >= 0.6 is 0 Å². The first-order valence-corrected chi connectivity index (χ1v) is 16.6. The summed E-state index contributed by atoms with van der Waals surface area (Å²) in [5, 5.41) is 15.3. The fourth-order valence-electron chi connectivity index (χ4n) is 6.29. The van der Waals surface area contributed by atoms with Crippen LogP contribution in [0.1, 0.15) is 79.6 Å². The third-order valence-corrected chi connectivity index (χ3v) is 8.95. The average Bonchev–Trinajstić information content (AvgIpc) is 3.53. The van der Waals surface area contributed by atoms with E-state index in [9.17, 15) is 14.7 Å². The zero-order valence-electron chi connectivity index (χ0n) is 27.2. The van der Waals surface area contributed by atoms with Gasteiger partial charge < -0.3 is 35.7 Å². The fraction of sp³-hybridized carbons (Fsp3) is 0.459. The summed E-state index contributed by atoms with van der Waals surface area (Å²) >= 11 is 0. The second-order valence-electron chi connectivity index (χ2n) is 12.5. The number of para-hydroxylation sites is 2. The molecular weight excluding hydrogens is 596 g/mol. The molecule has 10 nitrogen and oxygen atoms in total. The van der Waals surface area contributed by atoms with Gasteiger partial charge in [-0.15, -0.1) is 0 Å². The Labute approximate surface area is 277 Å². The molecule has 0 saturated carbocycles. The van der Waals surface area contributed by atoms with Crippen LogP contribution in [0.2, 0.25) is 0 Å². The molecule has 2 amide bonds. The number of methoxy groups -OCH3 is 1. The molecule has 47 heavy (non-hydrogen) atoms. The molecule has 2 aliphatic heterocycles. The van der Waals surface area contributed by atoms with E-state index in [1.54, 1.807) is 19.2 Å². The van der Waals surface area contributed by atoms with Crippen LogP contribution in [0.15, 0.2) is 72.8 Å². The van der Waals surface area contributed by atoms with Crippen molar-refractivity contribution in [1.29, 1.82) is 0 Å². The fourth-order valence-corrected chi connectivity index (χ4v) is 6.29. The number of carbonyl (C=O) groups is 2. The molecular formula is C37H48N4O6. The van der Waals surface area contributed by atoms with E-state index < -0.39 is 6.29 Å². The number of nitrogens with zero attached hydrogens (tertiary/aromatic N) is 1. The maximum Gasteiger partial charge on any atom is 0.224 e. The molecule has 4 atom stereocenters. The van der Waals surface area contributed by atoms with Crippen molar-refractivity contribution in [2.75, 3.05) is 37.9 Å². The summed E-state index contributed by atoms with van der Waals surface area (Å²) in [4.78, 5) is 27.2. The van der Waals surface area contributed by atoms with E-state index in [-0.39, 0.29) is 30.6 Å². The number of nitrogens with two attached hydrogens (primary N) is 1. The molecule has 2 fully saturated rings. The second kappa shape index (κ2) is 17.4. The molecule has 3 aromatic rings. The lowest BCUT2D eigenvalue weighted by Gasteiger charge is -2.38. The molecule has 2 aliphatic rings. The number of nitrogens with one attached hydrogen (secondary N) is 2. The summed E-state index contributed by atoms with van der Waals surface area (Å²) in [6, 6.07) is 23.5. The molecule has 2 heterocycles. The lowest BCUT2D eigenvalue weighted by molar-refractivity contribution is -0.253. The summed E-state index contributed by atoms with van der Waals surface area (Å²) in [6.07, 6.45) is 4.25. The van der Waals surface area contributed by atoms with Gasteiger partial charge in [0.15, 0.2) is 6.29 Å². The second-order valence-corrected chi connectivity index (χ2v) is 12.5. The Hall–Kier alpha value is -3.80. The third kappa shape index (κ3) is 10.1. The smallest absolute Gasteiger partial charge is 0.224 e. The number of rotatable bonds is 15. The van der Waals surface area contributed by atoms with Gasteiger partial charge in [-0.25, -0.2) is 0 Å². The summed E-state index contributed by atoms with van der Waals surface area (Å²) in [5.41, 5.74) is 10.8. The van der Waals surface area contributed by atoms with Crippen molar-refractivity contribution in [3.05, 3.63) is 95.1 Å². The molecule has 0 spiro atoms. The van der Waals surface area contributed by atoms with E-state index in [1.807, 2.05) is 60.7 Å². The first-order valence-electron chi connectivity index (χ1n) is 16.6. The number of aliphatic hydroxyl groups excluding tert-OH is 1. The summed E-state index contributed by atoms with van der Waals surface area (Å²) < 4.78 is 18.6. The van der Waals surface area contributed by atoms with E-state index in [1.165, 1.54) is 0 Å². The zero-order chi connectivity index (χ0) is 33.0. The van der Waals surface area contributed by atoms with Crippen LogP contribution in [0.25, 0.3) is 0 Å². The molecule has 2 saturated heterocycles. The van der Waals surface area contributed by atoms with Crippen LogP contribution in [0, 0.1) is 0 Å². The highest BCUT2D eigenvalue weighted by atomic mass is 16.7. The van der Waals surface area contributed by atoms with Gasteiger partial charge in [-0.1, -0.05) is 60.7 Å². The SMILES string of the molecule is COCC1CCCN1CC1CC(c2ccc(CO)cc2)OC(c2ccc(CNC(=O)CCCCC(=O)Nc3ccccc3N)cc2)O1. The van der Waals surface area contributed by atoms with Gasteiger partial charge in [-0.2, -0.15) is 0 Å². The van der Waals surface area contributed by atoms with Gasteiger partial charge in [-0.05, 0) is 61.1 Å². The average molecular weight is 645 g/mol. The first-order chi connectivity index (χ1) is 22.9. The monoisotopic (exact) mass is 644 g/mol. The molecule has 3 aromatic carbocycles. The van der Waals surface area contributed by atoms with Crippen molar-refractivity contribution < 1.29 is 28.9 Å². The molecule has 5 N–H and O–H groups in total. The number of ether oxygens (including phenoxy) is 3. The van der Waals surface area contributed by atoms with Gasteiger partial charge in [0.2, 0.25) is 11.8 Å². The van der Waals surface area contributed by atoms with Crippen molar-refractivity contribution >= 4 is 23.2 Å². The Balaban J connectivity index is 1.11. The maximum absolute atomic E-state index is 12.5. The lowest BCUT2D eigenvalue weighted by Crippen LogP contribution is -2.42. The molecule has 0 bridgehead atoms. The Bertz CT molecular complexity index is 1430. The summed E-state index contributed by atoms with van der Waals surface area (Å²) in [7, 11) is 1.76. The quantitative estimate of drug-likeness (QED) is 0.131. The summed E-state index contributed by atoms with van der Waals surface area (Å²) in [5.74, 6) is -0.162. The van der Waals surface area contributed by atoms with Gasteiger partial charge in [0.1, 0.15) is 0 Å². The van der Waals surface area contributed by atoms with Gasteiger partial charge in [0.25, 0.3) is 0 Å². The number of amides is 2. The van der Waals surface area contributed by atoms with E-state index in [0.29, 0.717) is 49.6 Å². The minimum absolute atomic E-state index is 0.00693. The number of nitrogen functional groups attached to an aromatic ring is 1. The molecule has 4 unspecified atom stereocenters. The third-order valence-electron chi connectivity index (χ3n) is 8.95. The van der Waals surface area contributed by atoms with Crippen LogP contribution in [0.5, 0.6) is 0 Å². The van der Waals surface area contributed by atoms with Crippen LogP contribution in [0.4, 0.5) is 11.4 Å². The minimum Gasteiger partial charge on any atom is -0.397 e. The van der Waals surface area contributed by atoms with Gasteiger partial charge >= 0.3 is 0 Å². The molecule has 5 rings (SSSR count). The van der Waals surface area contributed by atoms with Crippen LogP contribution < -0.4 is 16.4 Å². The predicted octanol–water partition coefficient (Wildman–Crippen LogP) is 5.23.